The monoisotopic (exact) mass is 320 g/mol. The van der Waals surface area contributed by atoms with E-state index in [2.05, 4.69) is 22.5 Å². The van der Waals surface area contributed by atoms with Crippen LogP contribution < -0.4 is 15.4 Å². The zero-order valence-electron chi connectivity index (χ0n) is 13.7. The van der Waals surface area contributed by atoms with Crippen LogP contribution in [0.15, 0.2) is 18.3 Å². The molecule has 3 amide bonds. The average molecular weight is 320 g/mol. The number of carbonyl (C=O) groups excluding carboxylic acids is 2. The second kappa shape index (κ2) is 8.36. The number of likely N-dealkylation sites (tertiary alicyclic amines) is 1. The van der Waals surface area contributed by atoms with Gasteiger partial charge >= 0.3 is 6.03 Å². The van der Waals surface area contributed by atoms with Crippen molar-refractivity contribution in [2.24, 2.45) is 5.92 Å². The van der Waals surface area contributed by atoms with E-state index in [1.807, 2.05) is 11.8 Å². The van der Waals surface area contributed by atoms with Gasteiger partial charge in [0.05, 0.1) is 11.9 Å². The Bertz CT molecular complexity index is 525. The van der Waals surface area contributed by atoms with Gasteiger partial charge in [-0.1, -0.05) is 6.92 Å². The topological polar surface area (TPSA) is 83.6 Å². The third-order valence-corrected chi connectivity index (χ3v) is 3.81. The van der Waals surface area contributed by atoms with Crippen LogP contribution in [0.25, 0.3) is 0 Å². The SMILES string of the molecule is CCNC(=O)Nc1ccc(OCC(=O)N2CCC(C)CC2)nc1. The van der Waals surface area contributed by atoms with Gasteiger partial charge in [-0.05, 0) is 31.7 Å². The first-order chi connectivity index (χ1) is 11.1. The summed E-state index contributed by atoms with van der Waals surface area (Å²) in [6, 6.07) is 3.04. The summed E-state index contributed by atoms with van der Waals surface area (Å²) < 4.78 is 5.42. The van der Waals surface area contributed by atoms with Gasteiger partial charge in [-0.15, -0.1) is 0 Å². The highest BCUT2D eigenvalue weighted by Gasteiger charge is 2.20. The van der Waals surface area contributed by atoms with Crippen molar-refractivity contribution < 1.29 is 14.3 Å². The van der Waals surface area contributed by atoms with Crippen molar-refractivity contribution in [3.63, 3.8) is 0 Å². The number of carbonyl (C=O) groups is 2. The highest BCUT2D eigenvalue weighted by molar-refractivity contribution is 5.88. The lowest BCUT2D eigenvalue weighted by Gasteiger charge is -2.30. The van der Waals surface area contributed by atoms with Crippen LogP contribution >= 0.6 is 0 Å². The molecule has 1 aliphatic heterocycles. The van der Waals surface area contributed by atoms with E-state index in [1.54, 1.807) is 12.1 Å². The first-order valence-corrected chi connectivity index (χ1v) is 8.00. The molecule has 2 rings (SSSR count). The van der Waals surface area contributed by atoms with E-state index in [0.717, 1.165) is 25.9 Å². The smallest absolute Gasteiger partial charge is 0.319 e. The maximum absolute atomic E-state index is 12.1. The van der Waals surface area contributed by atoms with E-state index < -0.39 is 0 Å². The first-order valence-electron chi connectivity index (χ1n) is 8.00. The van der Waals surface area contributed by atoms with Crippen molar-refractivity contribution in [3.8, 4) is 5.88 Å². The van der Waals surface area contributed by atoms with Crippen LogP contribution in [0.1, 0.15) is 26.7 Å². The van der Waals surface area contributed by atoms with Gasteiger partial charge in [-0.3, -0.25) is 4.79 Å². The molecule has 7 nitrogen and oxygen atoms in total. The van der Waals surface area contributed by atoms with Gasteiger partial charge < -0.3 is 20.3 Å². The quantitative estimate of drug-likeness (QED) is 0.867. The van der Waals surface area contributed by atoms with E-state index in [9.17, 15) is 9.59 Å². The van der Waals surface area contributed by atoms with Crippen LogP contribution in [0.5, 0.6) is 5.88 Å². The molecule has 1 aliphatic rings. The summed E-state index contributed by atoms with van der Waals surface area (Å²) in [6.45, 7) is 6.19. The molecule has 2 heterocycles. The van der Waals surface area contributed by atoms with Crippen molar-refractivity contribution in [2.45, 2.75) is 26.7 Å². The molecule has 0 atom stereocenters. The largest absolute Gasteiger partial charge is 0.468 e. The van der Waals surface area contributed by atoms with E-state index in [0.29, 0.717) is 24.0 Å². The number of anilines is 1. The molecular weight excluding hydrogens is 296 g/mol. The second-order valence-electron chi connectivity index (χ2n) is 5.72. The number of pyridine rings is 1. The summed E-state index contributed by atoms with van der Waals surface area (Å²) in [5.74, 6) is 1.04. The molecule has 7 heteroatoms. The van der Waals surface area contributed by atoms with E-state index >= 15 is 0 Å². The molecular formula is C16H24N4O3. The highest BCUT2D eigenvalue weighted by Crippen LogP contribution is 2.16. The Morgan fingerprint density at radius 1 is 1.35 bits per heavy atom. The highest BCUT2D eigenvalue weighted by atomic mass is 16.5. The molecule has 0 saturated carbocycles. The van der Waals surface area contributed by atoms with Gasteiger partial charge in [0, 0.05) is 25.7 Å². The Morgan fingerprint density at radius 3 is 2.70 bits per heavy atom. The van der Waals surface area contributed by atoms with Crippen molar-refractivity contribution in [1.29, 1.82) is 0 Å². The minimum atomic E-state index is -0.280. The Kier molecular flexibility index (Phi) is 6.19. The molecule has 0 spiro atoms. The van der Waals surface area contributed by atoms with Crippen LogP contribution in [-0.2, 0) is 4.79 Å². The van der Waals surface area contributed by atoms with E-state index in [4.69, 9.17) is 4.74 Å². The number of aromatic nitrogens is 1. The standard InChI is InChI=1S/C16H24N4O3/c1-3-17-16(22)19-13-4-5-14(18-10-13)23-11-15(21)20-8-6-12(2)7-9-20/h4-5,10,12H,3,6-9,11H2,1-2H3,(H2,17,19,22). The minimum absolute atomic E-state index is 0.00945. The van der Waals surface area contributed by atoms with Crippen molar-refractivity contribution in [2.75, 3.05) is 31.6 Å². The third-order valence-electron chi connectivity index (χ3n) is 3.81. The van der Waals surface area contributed by atoms with Gasteiger partial charge in [-0.2, -0.15) is 0 Å². The van der Waals surface area contributed by atoms with Crippen molar-refractivity contribution >= 4 is 17.6 Å². The number of amides is 3. The van der Waals surface area contributed by atoms with Crippen LogP contribution in [0.2, 0.25) is 0 Å². The number of hydrogen-bond acceptors (Lipinski definition) is 4. The predicted octanol–water partition coefficient (Wildman–Crippen LogP) is 1.86. The molecule has 0 aliphatic carbocycles. The number of hydrogen-bond donors (Lipinski definition) is 2. The van der Waals surface area contributed by atoms with E-state index in [-0.39, 0.29) is 18.5 Å². The summed E-state index contributed by atoms with van der Waals surface area (Å²) in [4.78, 5) is 29.4. The number of urea groups is 1. The lowest BCUT2D eigenvalue weighted by Crippen LogP contribution is -2.40. The summed E-state index contributed by atoms with van der Waals surface area (Å²) in [5, 5.41) is 5.28. The minimum Gasteiger partial charge on any atom is -0.468 e. The summed E-state index contributed by atoms with van der Waals surface area (Å²) >= 11 is 0. The summed E-state index contributed by atoms with van der Waals surface area (Å²) in [6.07, 6.45) is 3.59. The predicted molar refractivity (Wildman–Crippen MR) is 87.4 cm³/mol. The molecule has 0 radical (unpaired) electrons. The number of piperidine rings is 1. The zero-order valence-corrected chi connectivity index (χ0v) is 13.7. The Labute approximate surface area is 136 Å². The lowest BCUT2D eigenvalue weighted by molar-refractivity contribution is -0.134. The molecule has 23 heavy (non-hydrogen) atoms. The van der Waals surface area contributed by atoms with Gasteiger partial charge in [0.25, 0.3) is 5.91 Å². The van der Waals surface area contributed by atoms with Crippen LogP contribution in [0.4, 0.5) is 10.5 Å². The van der Waals surface area contributed by atoms with Crippen LogP contribution in [-0.4, -0.2) is 48.1 Å². The fourth-order valence-electron chi connectivity index (χ4n) is 2.36. The van der Waals surface area contributed by atoms with Gasteiger partial charge in [0.1, 0.15) is 0 Å². The maximum Gasteiger partial charge on any atom is 0.319 e. The number of nitrogens with one attached hydrogen (secondary N) is 2. The third kappa shape index (κ3) is 5.43. The summed E-state index contributed by atoms with van der Waals surface area (Å²) in [7, 11) is 0. The molecule has 1 aromatic rings. The molecule has 2 N–H and O–H groups in total. The molecule has 0 aromatic carbocycles. The second-order valence-corrected chi connectivity index (χ2v) is 5.72. The van der Waals surface area contributed by atoms with E-state index in [1.165, 1.54) is 6.20 Å². The number of nitrogens with zero attached hydrogens (tertiary/aromatic N) is 2. The van der Waals surface area contributed by atoms with Crippen LogP contribution in [0.3, 0.4) is 0 Å². The number of ether oxygens (including phenoxy) is 1. The molecule has 1 fully saturated rings. The van der Waals surface area contributed by atoms with Crippen molar-refractivity contribution in [3.05, 3.63) is 18.3 Å². The summed E-state index contributed by atoms with van der Waals surface area (Å²) in [5.41, 5.74) is 0.569. The van der Waals surface area contributed by atoms with Gasteiger partial charge in [-0.25, -0.2) is 9.78 Å². The Morgan fingerprint density at radius 2 is 2.09 bits per heavy atom. The fraction of sp³-hybridized carbons (Fsp3) is 0.562. The molecule has 0 unspecified atom stereocenters. The molecule has 1 saturated heterocycles. The van der Waals surface area contributed by atoms with Gasteiger partial charge in [0.15, 0.2) is 6.61 Å². The Hall–Kier alpha value is -2.31. The fourth-order valence-corrected chi connectivity index (χ4v) is 2.36. The normalized spacial score (nSPS) is 15.1. The molecule has 1 aromatic heterocycles. The van der Waals surface area contributed by atoms with Gasteiger partial charge in [0.2, 0.25) is 5.88 Å². The first kappa shape index (κ1) is 17.1. The maximum atomic E-state index is 12.1. The van der Waals surface area contributed by atoms with Crippen LogP contribution in [0, 0.1) is 5.92 Å². The molecule has 126 valence electrons. The van der Waals surface area contributed by atoms with Crippen molar-refractivity contribution in [1.82, 2.24) is 15.2 Å². The molecule has 0 bridgehead atoms. The average Bonchev–Trinajstić information content (AvgIpc) is 2.55. The Balaban J connectivity index is 1.77. The zero-order chi connectivity index (χ0) is 16.7. The number of rotatable bonds is 5. The lowest BCUT2D eigenvalue weighted by atomic mass is 9.99.